The summed E-state index contributed by atoms with van der Waals surface area (Å²) in [6.07, 6.45) is 2.21. The maximum Gasteiger partial charge on any atom is 0.222 e. The van der Waals surface area contributed by atoms with Crippen molar-refractivity contribution in [1.29, 1.82) is 0 Å². The van der Waals surface area contributed by atoms with E-state index < -0.39 is 0 Å². The molecule has 0 saturated carbocycles. The summed E-state index contributed by atoms with van der Waals surface area (Å²) in [6, 6.07) is 0. The van der Waals surface area contributed by atoms with Gasteiger partial charge in [-0.3, -0.25) is 4.79 Å². The minimum Gasteiger partial charge on any atom is -0.396 e. The quantitative estimate of drug-likeness (QED) is 0.390. The van der Waals surface area contributed by atoms with E-state index in [1.807, 2.05) is 0 Å². The zero-order valence-corrected chi connectivity index (χ0v) is 8.20. The van der Waals surface area contributed by atoms with Crippen LogP contribution in [0.25, 0.3) is 0 Å². The molecule has 82 valence electrons. The predicted octanol–water partition coefficient (Wildman–Crippen LogP) is -0.519. The van der Waals surface area contributed by atoms with Crippen LogP contribution in [0.3, 0.4) is 0 Å². The summed E-state index contributed by atoms with van der Waals surface area (Å²) in [5.41, 5.74) is 0. The number of ether oxygens (including phenoxy) is 1. The van der Waals surface area contributed by atoms with Crippen molar-refractivity contribution < 1.29 is 19.4 Å². The van der Waals surface area contributed by atoms with Gasteiger partial charge in [0.25, 0.3) is 0 Å². The van der Waals surface area contributed by atoms with Crippen LogP contribution in [-0.4, -0.2) is 43.7 Å². The van der Waals surface area contributed by atoms with Gasteiger partial charge in [0.05, 0.1) is 13.2 Å². The van der Waals surface area contributed by atoms with Crippen molar-refractivity contribution in [2.24, 2.45) is 0 Å². The third-order valence-electron chi connectivity index (χ3n) is 1.52. The molecular formula is C9H17NO4. The summed E-state index contributed by atoms with van der Waals surface area (Å²) in [5.74, 6) is -0.177. The van der Waals surface area contributed by atoms with Crippen LogP contribution in [0.15, 0.2) is 0 Å². The van der Waals surface area contributed by atoms with Gasteiger partial charge in [0.15, 0.2) is 0 Å². The molecule has 0 aliphatic heterocycles. The van der Waals surface area contributed by atoms with Gasteiger partial charge in [-0.15, -0.1) is 0 Å². The Hall–Kier alpha value is -0.940. The molecule has 5 nitrogen and oxygen atoms in total. The van der Waals surface area contributed by atoms with Gasteiger partial charge in [0, 0.05) is 26.0 Å². The van der Waals surface area contributed by atoms with Crippen LogP contribution >= 0.6 is 0 Å². The normalized spacial score (nSPS) is 9.79. The molecule has 0 aromatic rings. The first-order chi connectivity index (χ1) is 6.81. The van der Waals surface area contributed by atoms with Crippen LogP contribution < -0.4 is 5.32 Å². The van der Waals surface area contributed by atoms with Gasteiger partial charge in [0.1, 0.15) is 6.29 Å². The van der Waals surface area contributed by atoms with Gasteiger partial charge in [-0.25, -0.2) is 0 Å². The molecule has 0 atom stereocenters. The third-order valence-corrected chi connectivity index (χ3v) is 1.52. The first-order valence-electron chi connectivity index (χ1n) is 4.70. The van der Waals surface area contributed by atoms with Gasteiger partial charge in [-0.2, -0.15) is 0 Å². The van der Waals surface area contributed by atoms with Crippen LogP contribution in [-0.2, 0) is 14.3 Å². The minimum atomic E-state index is -0.177. The number of hydrogen-bond donors (Lipinski definition) is 2. The van der Waals surface area contributed by atoms with Crippen LogP contribution in [0.2, 0.25) is 0 Å². The monoisotopic (exact) mass is 203 g/mol. The smallest absolute Gasteiger partial charge is 0.222 e. The molecule has 2 N–H and O–H groups in total. The molecule has 0 aliphatic rings. The predicted molar refractivity (Wildman–Crippen MR) is 50.8 cm³/mol. The summed E-state index contributed by atoms with van der Waals surface area (Å²) in [5, 5.41) is 11.0. The van der Waals surface area contributed by atoms with Crippen molar-refractivity contribution in [1.82, 2.24) is 5.32 Å². The second-order valence-corrected chi connectivity index (χ2v) is 2.74. The second kappa shape index (κ2) is 10.1. The van der Waals surface area contributed by atoms with Crippen molar-refractivity contribution in [2.75, 3.05) is 26.4 Å². The number of hydrogen-bond acceptors (Lipinski definition) is 4. The Morgan fingerprint density at radius 3 is 2.86 bits per heavy atom. The fraction of sp³-hybridized carbons (Fsp3) is 0.778. The van der Waals surface area contributed by atoms with Crippen molar-refractivity contribution in [3.63, 3.8) is 0 Å². The largest absolute Gasteiger partial charge is 0.396 e. The van der Waals surface area contributed by atoms with E-state index in [2.05, 4.69) is 5.32 Å². The summed E-state index contributed by atoms with van der Waals surface area (Å²) < 4.78 is 5.13. The molecule has 0 rings (SSSR count). The van der Waals surface area contributed by atoms with E-state index in [0.29, 0.717) is 32.6 Å². The van der Waals surface area contributed by atoms with E-state index >= 15 is 0 Å². The first-order valence-corrected chi connectivity index (χ1v) is 4.70. The van der Waals surface area contributed by atoms with Crippen molar-refractivity contribution in [3.8, 4) is 0 Å². The molecule has 5 heteroatoms. The Morgan fingerprint density at radius 1 is 1.43 bits per heavy atom. The zero-order chi connectivity index (χ0) is 10.6. The van der Waals surface area contributed by atoms with Crippen LogP contribution in [0.5, 0.6) is 0 Å². The van der Waals surface area contributed by atoms with Crippen LogP contribution in [0.4, 0.5) is 0 Å². The number of carbonyl (C=O) groups is 2. The Kier molecular flexibility index (Phi) is 9.46. The molecule has 0 aliphatic carbocycles. The average Bonchev–Trinajstić information content (AvgIpc) is 2.17. The summed E-state index contributed by atoms with van der Waals surface area (Å²) in [7, 11) is 0. The van der Waals surface area contributed by atoms with E-state index in [0.717, 1.165) is 6.29 Å². The Morgan fingerprint density at radius 2 is 2.21 bits per heavy atom. The maximum atomic E-state index is 10.8. The van der Waals surface area contributed by atoms with Crippen molar-refractivity contribution >= 4 is 12.2 Å². The molecule has 0 heterocycles. The maximum absolute atomic E-state index is 10.8. The van der Waals surface area contributed by atoms with E-state index in [1.165, 1.54) is 0 Å². The summed E-state index contributed by atoms with van der Waals surface area (Å²) in [6.45, 7) is 1.29. The molecule has 14 heavy (non-hydrogen) atoms. The standard InChI is InChI=1S/C9H17NO4/c11-5-1-2-7-14-8-4-10-9(13)3-6-12/h5,12H,1-4,6-8H2,(H,10,13). The number of unbranched alkanes of at least 4 members (excludes halogenated alkanes) is 1. The number of rotatable bonds is 9. The van der Waals surface area contributed by atoms with Crippen molar-refractivity contribution in [2.45, 2.75) is 19.3 Å². The number of aliphatic hydroxyl groups is 1. The third kappa shape index (κ3) is 9.15. The molecule has 0 bridgehead atoms. The topological polar surface area (TPSA) is 75.6 Å². The zero-order valence-electron chi connectivity index (χ0n) is 8.20. The molecule has 0 spiro atoms. The Bertz CT molecular complexity index is 161. The van der Waals surface area contributed by atoms with E-state index in [1.54, 1.807) is 0 Å². The van der Waals surface area contributed by atoms with E-state index in [9.17, 15) is 9.59 Å². The molecule has 0 radical (unpaired) electrons. The molecule has 0 saturated heterocycles. The van der Waals surface area contributed by atoms with Gasteiger partial charge in [-0.05, 0) is 6.42 Å². The number of amides is 1. The lowest BCUT2D eigenvalue weighted by molar-refractivity contribution is -0.121. The van der Waals surface area contributed by atoms with Crippen LogP contribution in [0.1, 0.15) is 19.3 Å². The minimum absolute atomic E-state index is 0.130. The van der Waals surface area contributed by atoms with E-state index in [-0.39, 0.29) is 18.9 Å². The van der Waals surface area contributed by atoms with E-state index in [4.69, 9.17) is 9.84 Å². The van der Waals surface area contributed by atoms with Gasteiger partial charge in [0.2, 0.25) is 5.91 Å². The highest BCUT2D eigenvalue weighted by Gasteiger charge is 1.97. The fourth-order valence-corrected chi connectivity index (χ4v) is 0.823. The summed E-state index contributed by atoms with van der Waals surface area (Å²) in [4.78, 5) is 20.7. The number of nitrogens with one attached hydrogen (secondary N) is 1. The number of carbonyl (C=O) groups excluding carboxylic acids is 2. The highest BCUT2D eigenvalue weighted by molar-refractivity contribution is 5.75. The van der Waals surface area contributed by atoms with Gasteiger partial charge in [-0.1, -0.05) is 0 Å². The lowest BCUT2D eigenvalue weighted by Gasteiger charge is -2.04. The number of aliphatic hydroxyl groups excluding tert-OH is 1. The molecule has 0 unspecified atom stereocenters. The molecule has 0 fully saturated rings. The first kappa shape index (κ1) is 13.1. The van der Waals surface area contributed by atoms with Gasteiger partial charge < -0.3 is 20.0 Å². The highest BCUT2D eigenvalue weighted by atomic mass is 16.5. The molecule has 0 aromatic heterocycles. The van der Waals surface area contributed by atoms with Crippen molar-refractivity contribution in [3.05, 3.63) is 0 Å². The van der Waals surface area contributed by atoms with Crippen LogP contribution in [0, 0.1) is 0 Å². The second-order valence-electron chi connectivity index (χ2n) is 2.74. The van der Waals surface area contributed by atoms with Gasteiger partial charge >= 0.3 is 0 Å². The molecular weight excluding hydrogens is 186 g/mol. The SMILES string of the molecule is O=CCCCOCCNC(=O)CCO. The lowest BCUT2D eigenvalue weighted by Crippen LogP contribution is -2.27. The molecule has 1 amide bonds. The fourth-order valence-electron chi connectivity index (χ4n) is 0.823. The summed E-state index contributed by atoms with van der Waals surface area (Å²) >= 11 is 0. The highest BCUT2D eigenvalue weighted by Crippen LogP contribution is 1.85. The number of aldehydes is 1. The Labute approximate surface area is 83.4 Å². The molecule has 0 aromatic carbocycles. The lowest BCUT2D eigenvalue weighted by atomic mass is 10.3. The average molecular weight is 203 g/mol. The Balaban J connectivity index is 3.05.